The monoisotopic (exact) mass is 336 g/mol. The highest BCUT2D eigenvalue weighted by atomic mass is 16.4. The smallest absolute Gasteiger partial charge is 0.307 e. The van der Waals surface area contributed by atoms with Crippen LogP contribution in [0.1, 0.15) is 21.7 Å². The van der Waals surface area contributed by atoms with E-state index in [0.717, 1.165) is 5.69 Å². The van der Waals surface area contributed by atoms with Crippen LogP contribution < -0.4 is 5.32 Å². The van der Waals surface area contributed by atoms with Crippen molar-refractivity contribution in [2.75, 3.05) is 5.32 Å². The van der Waals surface area contributed by atoms with Crippen LogP contribution in [0.3, 0.4) is 0 Å². The lowest BCUT2D eigenvalue weighted by Crippen LogP contribution is -2.14. The maximum atomic E-state index is 12.4. The van der Waals surface area contributed by atoms with Crippen LogP contribution in [0.5, 0.6) is 0 Å². The molecule has 0 aliphatic heterocycles. The van der Waals surface area contributed by atoms with Gasteiger partial charge in [0.25, 0.3) is 5.91 Å². The number of hydrogen-bond acceptors (Lipinski definition) is 4. The molecule has 0 saturated heterocycles. The number of rotatable bonds is 5. The van der Waals surface area contributed by atoms with Gasteiger partial charge in [0.05, 0.1) is 17.8 Å². The molecular weight excluding hydrogens is 320 g/mol. The van der Waals surface area contributed by atoms with E-state index in [1.165, 1.54) is 4.80 Å². The molecule has 7 nitrogen and oxygen atoms in total. The molecule has 0 spiro atoms. The number of aromatic nitrogens is 3. The second-order valence-electron chi connectivity index (χ2n) is 5.48. The van der Waals surface area contributed by atoms with Gasteiger partial charge in [0.2, 0.25) is 0 Å². The number of para-hydroxylation sites is 1. The number of carboxylic acids is 1. The first-order chi connectivity index (χ1) is 12.0. The fourth-order valence-corrected chi connectivity index (χ4v) is 2.34. The number of amides is 1. The van der Waals surface area contributed by atoms with Crippen LogP contribution in [-0.4, -0.2) is 32.0 Å². The predicted molar refractivity (Wildman–Crippen MR) is 91.8 cm³/mol. The van der Waals surface area contributed by atoms with Crippen LogP contribution in [0.2, 0.25) is 0 Å². The number of carbonyl (C=O) groups excluding carboxylic acids is 1. The summed E-state index contributed by atoms with van der Waals surface area (Å²) in [5.74, 6) is -1.27. The van der Waals surface area contributed by atoms with E-state index in [-0.39, 0.29) is 18.0 Å². The first-order valence-corrected chi connectivity index (χ1v) is 7.64. The summed E-state index contributed by atoms with van der Waals surface area (Å²) in [6.45, 7) is 1.72. The Kier molecular flexibility index (Phi) is 4.56. The first kappa shape index (κ1) is 16.4. The summed E-state index contributed by atoms with van der Waals surface area (Å²) in [5.41, 5.74) is 2.74. The average molecular weight is 336 g/mol. The van der Waals surface area contributed by atoms with Gasteiger partial charge in [-0.2, -0.15) is 9.90 Å². The van der Waals surface area contributed by atoms with Crippen molar-refractivity contribution in [3.63, 3.8) is 0 Å². The van der Waals surface area contributed by atoms with Crippen molar-refractivity contribution < 1.29 is 14.7 Å². The van der Waals surface area contributed by atoms with Crippen LogP contribution >= 0.6 is 0 Å². The van der Waals surface area contributed by atoms with Crippen molar-refractivity contribution in [3.05, 3.63) is 71.5 Å². The lowest BCUT2D eigenvalue weighted by Gasteiger charge is -2.04. The summed E-state index contributed by atoms with van der Waals surface area (Å²) in [4.78, 5) is 24.5. The topological polar surface area (TPSA) is 97.1 Å². The molecule has 1 heterocycles. The molecule has 2 aromatic carbocycles. The van der Waals surface area contributed by atoms with Gasteiger partial charge in [0.1, 0.15) is 0 Å². The molecule has 0 fully saturated rings. The van der Waals surface area contributed by atoms with Gasteiger partial charge < -0.3 is 10.4 Å². The molecule has 0 aliphatic rings. The third-order valence-electron chi connectivity index (χ3n) is 3.55. The van der Waals surface area contributed by atoms with Gasteiger partial charge in [-0.3, -0.25) is 9.59 Å². The molecule has 2 N–H and O–H groups in total. The van der Waals surface area contributed by atoms with Crippen molar-refractivity contribution in [1.29, 1.82) is 0 Å². The normalized spacial score (nSPS) is 10.4. The molecule has 1 aromatic heterocycles. The van der Waals surface area contributed by atoms with Crippen LogP contribution in [0.15, 0.2) is 54.6 Å². The van der Waals surface area contributed by atoms with Crippen molar-refractivity contribution in [2.45, 2.75) is 13.3 Å². The summed E-state index contributed by atoms with van der Waals surface area (Å²) in [5, 5.41) is 20.0. The molecule has 0 radical (unpaired) electrons. The molecule has 126 valence electrons. The molecule has 3 rings (SSSR count). The summed E-state index contributed by atoms with van der Waals surface area (Å²) in [7, 11) is 0. The van der Waals surface area contributed by atoms with Crippen LogP contribution in [0.25, 0.3) is 5.69 Å². The van der Waals surface area contributed by atoms with Gasteiger partial charge in [-0.05, 0) is 36.8 Å². The van der Waals surface area contributed by atoms with E-state index in [4.69, 9.17) is 5.11 Å². The summed E-state index contributed by atoms with van der Waals surface area (Å²) in [6.07, 6.45) is -0.0568. The van der Waals surface area contributed by atoms with E-state index in [0.29, 0.717) is 16.9 Å². The fourth-order valence-electron chi connectivity index (χ4n) is 2.34. The Morgan fingerprint density at radius 3 is 2.36 bits per heavy atom. The third kappa shape index (κ3) is 3.89. The Bertz CT molecular complexity index is 902. The van der Waals surface area contributed by atoms with E-state index in [1.807, 2.05) is 30.3 Å². The van der Waals surface area contributed by atoms with Gasteiger partial charge in [-0.25, -0.2) is 0 Å². The minimum Gasteiger partial charge on any atom is -0.481 e. The zero-order chi connectivity index (χ0) is 17.8. The second kappa shape index (κ2) is 6.96. The Hall–Kier alpha value is -3.48. The Labute approximate surface area is 143 Å². The minimum atomic E-state index is -0.898. The summed E-state index contributed by atoms with van der Waals surface area (Å²) >= 11 is 0. The maximum Gasteiger partial charge on any atom is 0.307 e. The highest BCUT2D eigenvalue weighted by Gasteiger charge is 2.16. The maximum absolute atomic E-state index is 12.4. The van der Waals surface area contributed by atoms with Gasteiger partial charge in [-0.1, -0.05) is 30.3 Å². The summed E-state index contributed by atoms with van der Waals surface area (Å²) in [6, 6.07) is 16.0. The molecule has 0 aliphatic carbocycles. The average Bonchev–Trinajstić information content (AvgIpc) is 2.99. The van der Waals surface area contributed by atoms with E-state index < -0.39 is 5.97 Å². The number of carbonyl (C=O) groups is 2. The Balaban J connectivity index is 1.75. The van der Waals surface area contributed by atoms with E-state index in [1.54, 1.807) is 31.2 Å². The lowest BCUT2D eigenvalue weighted by molar-refractivity contribution is -0.136. The molecule has 25 heavy (non-hydrogen) atoms. The molecule has 0 saturated carbocycles. The van der Waals surface area contributed by atoms with Crippen LogP contribution in [-0.2, 0) is 11.2 Å². The Morgan fingerprint density at radius 1 is 1.04 bits per heavy atom. The van der Waals surface area contributed by atoms with Crippen LogP contribution in [0, 0.1) is 6.92 Å². The number of nitrogens with one attached hydrogen (secondary N) is 1. The van der Waals surface area contributed by atoms with E-state index in [9.17, 15) is 9.59 Å². The van der Waals surface area contributed by atoms with Gasteiger partial charge in [0.15, 0.2) is 5.69 Å². The fraction of sp³-hybridized carbons (Fsp3) is 0.111. The van der Waals surface area contributed by atoms with Crippen molar-refractivity contribution >= 4 is 17.6 Å². The number of carboxylic acid groups (broad SMARTS) is 1. The molecule has 1 amide bonds. The summed E-state index contributed by atoms with van der Waals surface area (Å²) < 4.78 is 0. The molecule has 0 unspecified atom stereocenters. The molecule has 0 atom stereocenters. The second-order valence-corrected chi connectivity index (χ2v) is 5.48. The molecule has 3 aromatic rings. The predicted octanol–water partition coefficient (Wildman–Crippen LogP) is 2.46. The van der Waals surface area contributed by atoms with Gasteiger partial charge >= 0.3 is 5.97 Å². The Morgan fingerprint density at radius 2 is 1.72 bits per heavy atom. The van der Waals surface area contributed by atoms with Gasteiger partial charge in [-0.15, -0.1) is 5.10 Å². The highest BCUT2D eigenvalue weighted by Crippen LogP contribution is 2.13. The van der Waals surface area contributed by atoms with Crippen molar-refractivity contribution in [2.24, 2.45) is 0 Å². The third-order valence-corrected chi connectivity index (χ3v) is 3.55. The number of aliphatic carboxylic acids is 1. The van der Waals surface area contributed by atoms with Crippen molar-refractivity contribution in [1.82, 2.24) is 15.0 Å². The number of benzene rings is 2. The van der Waals surface area contributed by atoms with Crippen molar-refractivity contribution in [3.8, 4) is 5.69 Å². The van der Waals surface area contributed by atoms with Gasteiger partial charge in [0, 0.05) is 5.69 Å². The lowest BCUT2D eigenvalue weighted by atomic mass is 10.1. The number of hydrogen-bond donors (Lipinski definition) is 2. The molecule has 0 bridgehead atoms. The standard InChI is InChI=1S/C18H16N4O3/c1-12-17(21-22(20-12)15-5-3-2-4-6-15)18(25)19-14-9-7-13(8-10-14)11-16(23)24/h2-10H,11H2,1H3,(H,19,25)(H,23,24). The SMILES string of the molecule is Cc1nn(-c2ccccc2)nc1C(=O)Nc1ccc(CC(=O)O)cc1. The van der Waals surface area contributed by atoms with Crippen LogP contribution in [0.4, 0.5) is 5.69 Å². The largest absolute Gasteiger partial charge is 0.481 e. The number of anilines is 1. The molecular formula is C18H16N4O3. The zero-order valence-electron chi connectivity index (χ0n) is 13.5. The minimum absolute atomic E-state index is 0.0568. The highest BCUT2D eigenvalue weighted by molar-refractivity contribution is 6.03. The van der Waals surface area contributed by atoms with E-state index in [2.05, 4.69) is 15.5 Å². The quantitative estimate of drug-likeness (QED) is 0.746. The molecule has 7 heteroatoms. The number of nitrogens with zero attached hydrogens (tertiary/aromatic N) is 3. The number of aryl methyl sites for hydroxylation is 1. The van der Waals surface area contributed by atoms with E-state index >= 15 is 0 Å². The zero-order valence-corrected chi connectivity index (χ0v) is 13.5. The first-order valence-electron chi connectivity index (χ1n) is 7.64.